The number of morpholine rings is 1. The van der Waals surface area contributed by atoms with Crippen LogP contribution in [0.15, 0.2) is 54.3 Å². The van der Waals surface area contributed by atoms with Crippen molar-refractivity contribution in [2.45, 2.75) is 64.1 Å². The van der Waals surface area contributed by atoms with Gasteiger partial charge in [0, 0.05) is 23.7 Å². The number of halogens is 1. The van der Waals surface area contributed by atoms with Crippen molar-refractivity contribution in [3.05, 3.63) is 76.0 Å². The molecule has 0 spiro atoms. The average Bonchev–Trinajstić information content (AvgIpc) is 2.83. The van der Waals surface area contributed by atoms with E-state index in [4.69, 9.17) is 16.3 Å². The lowest BCUT2D eigenvalue weighted by atomic mass is 9.89. The lowest BCUT2D eigenvalue weighted by Gasteiger charge is -2.44. The van der Waals surface area contributed by atoms with Crippen LogP contribution in [0.25, 0.3) is 6.08 Å². The molecule has 2 atom stereocenters. The van der Waals surface area contributed by atoms with Crippen molar-refractivity contribution in [2.24, 2.45) is 0 Å². The molecule has 2 aromatic rings. The van der Waals surface area contributed by atoms with Gasteiger partial charge in [0.2, 0.25) is 0 Å². The van der Waals surface area contributed by atoms with Crippen LogP contribution in [0.4, 0.5) is 0 Å². The van der Waals surface area contributed by atoms with E-state index < -0.39 is 0 Å². The van der Waals surface area contributed by atoms with Crippen LogP contribution in [0.5, 0.6) is 0 Å². The summed E-state index contributed by atoms with van der Waals surface area (Å²) in [6, 6.07) is 15.0. The Labute approximate surface area is 200 Å². The van der Waals surface area contributed by atoms with Gasteiger partial charge in [-0.1, -0.05) is 55.6 Å². The zero-order valence-corrected chi connectivity index (χ0v) is 19.8. The Bertz CT molecular complexity index is 1000. The summed E-state index contributed by atoms with van der Waals surface area (Å²) in [5, 5.41) is 3.61. The summed E-state index contributed by atoms with van der Waals surface area (Å²) in [4.78, 5) is 27.6. The van der Waals surface area contributed by atoms with Gasteiger partial charge in [0.05, 0.1) is 6.04 Å². The molecule has 1 saturated carbocycles. The van der Waals surface area contributed by atoms with Crippen molar-refractivity contribution in [1.82, 2.24) is 10.2 Å². The predicted molar refractivity (Wildman–Crippen MR) is 131 cm³/mol. The maximum atomic E-state index is 13.4. The van der Waals surface area contributed by atoms with Gasteiger partial charge in [0.15, 0.2) is 5.76 Å². The first-order chi connectivity index (χ1) is 16.0. The summed E-state index contributed by atoms with van der Waals surface area (Å²) in [6.45, 7) is 3.30. The number of ether oxygens (including phenoxy) is 1. The first kappa shape index (κ1) is 23.4. The van der Waals surface area contributed by atoms with Crippen LogP contribution in [0.2, 0.25) is 5.02 Å². The Morgan fingerprint density at radius 1 is 1.12 bits per heavy atom. The highest BCUT2D eigenvalue weighted by Crippen LogP contribution is 2.34. The van der Waals surface area contributed by atoms with Gasteiger partial charge in [0.25, 0.3) is 11.8 Å². The Hall–Kier alpha value is -2.79. The number of hydrogen-bond acceptors (Lipinski definition) is 3. The number of benzene rings is 2. The van der Waals surface area contributed by atoms with Crippen LogP contribution in [-0.2, 0) is 16.1 Å². The Morgan fingerprint density at radius 3 is 2.58 bits per heavy atom. The van der Waals surface area contributed by atoms with Crippen LogP contribution in [-0.4, -0.2) is 35.4 Å². The molecule has 2 aromatic carbocycles. The van der Waals surface area contributed by atoms with Crippen LogP contribution in [0.3, 0.4) is 0 Å². The van der Waals surface area contributed by atoms with Gasteiger partial charge in [-0.25, -0.2) is 0 Å². The molecular weight excluding hydrogens is 436 g/mol. The molecule has 6 heteroatoms. The van der Waals surface area contributed by atoms with Crippen molar-refractivity contribution in [3.8, 4) is 0 Å². The van der Waals surface area contributed by atoms with Crippen molar-refractivity contribution in [2.75, 3.05) is 6.54 Å². The number of carbonyl (C=O) groups excluding carboxylic acids is 2. The fourth-order valence-corrected chi connectivity index (χ4v) is 4.64. The number of nitrogens with one attached hydrogen (secondary N) is 1. The number of nitrogens with zero attached hydrogens (tertiary/aromatic N) is 1. The molecule has 1 N–H and O–H groups in total. The van der Waals surface area contributed by atoms with Gasteiger partial charge in [-0.3, -0.25) is 9.59 Å². The monoisotopic (exact) mass is 466 g/mol. The van der Waals surface area contributed by atoms with Gasteiger partial charge >= 0.3 is 0 Å². The molecule has 4 rings (SSSR count). The van der Waals surface area contributed by atoms with E-state index >= 15 is 0 Å². The minimum Gasteiger partial charge on any atom is -0.482 e. The lowest BCUT2D eigenvalue weighted by molar-refractivity contribution is -0.149. The second-order valence-electron chi connectivity index (χ2n) is 8.81. The van der Waals surface area contributed by atoms with Crippen LogP contribution in [0, 0.1) is 0 Å². The summed E-state index contributed by atoms with van der Waals surface area (Å²) in [6.07, 6.45) is 7.93. The molecule has 1 aliphatic heterocycles. The van der Waals surface area contributed by atoms with Crippen molar-refractivity contribution >= 4 is 29.5 Å². The topological polar surface area (TPSA) is 58.6 Å². The number of fused-ring (bicyclic) bond motifs is 1. The standard InChI is InChI=1S/C27H31ClN2O3/c1-2-3-16-29-26(31)21-12-8-19(9-13-21)17-25-27(32)30(18-20-10-14-22(28)15-11-20)23-6-4-5-7-24(23)33-25/h8-15,17,23-24H,2-7,16,18H2,1H3,(H,29,31)/b25-17+. The molecule has 1 aliphatic carbocycles. The van der Waals surface area contributed by atoms with E-state index in [9.17, 15) is 9.59 Å². The Morgan fingerprint density at radius 2 is 1.85 bits per heavy atom. The SMILES string of the molecule is CCCCNC(=O)c1ccc(/C=C2/OC3CCCCC3N(Cc3ccc(Cl)cc3)C2=O)cc1. The molecule has 2 aliphatic rings. The number of rotatable bonds is 7. The number of unbranched alkanes of at least 4 members (excludes halogenated alkanes) is 1. The molecular formula is C27H31ClN2O3. The molecule has 2 amide bonds. The van der Waals surface area contributed by atoms with Gasteiger partial charge in [0.1, 0.15) is 6.10 Å². The highest BCUT2D eigenvalue weighted by molar-refractivity contribution is 6.30. The van der Waals surface area contributed by atoms with Crippen molar-refractivity contribution < 1.29 is 14.3 Å². The molecule has 2 unspecified atom stereocenters. The highest BCUT2D eigenvalue weighted by atomic mass is 35.5. The maximum Gasteiger partial charge on any atom is 0.289 e. The smallest absolute Gasteiger partial charge is 0.289 e. The second-order valence-corrected chi connectivity index (χ2v) is 9.24. The Balaban J connectivity index is 1.52. The van der Waals surface area contributed by atoms with Crippen LogP contribution < -0.4 is 5.32 Å². The van der Waals surface area contributed by atoms with E-state index in [2.05, 4.69) is 12.2 Å². The number of hydrogen-bond donors (Lipinski definition) is 1. The Kier molecular flexibility index (Phi) is 7.71. The van der Waals surface area contributed by atoms with Crippen LogP contribution >= 0.6 is 11.6 Å². The van der Waals surface area contributed by atoms with Gasteiger partial charge in [-0.05, 0) is 67.2 Å². The van der Waals surface area contributed by atoms with Gasteiger partial charge < -0.3 is 15.0 Å². The number of amides is 2. The predicted octanol–water partition coefficient (Wildman–Crippen LogP) is 5.58. The lowest BCUT2D eigenvalue weighted by Crippen LogP contribution is -2.54. The van der Waals surface area contributed by atoms with E-state index in [1.165, 1.54) is 0 Å². The van der Waals surface area contributed by atoms with Crippen molar-refractivity contribution in [1.29, 1.82) is 0 Å². The largest absolute Gasteiger partial charge is 0.482 e. The first-order valence-electron chi connectivity index (χ1n) is 11.9. The average molecular weight is 467 g/mol. The molecule has 0 bridgehead atoms. The molecule has 1 heterocycles. The fraction of sp³-hybridized carbons (Fsp3) is 0.407. The first-order valence-corrected chi connectivity index (χ1v) is 12.2. The minimum atomic E-state index is -0.0884. The van der Waals surface area contributed by atoms with E-state index in [0.717, 1.165) is 49.7 Å². The molecule has 0 radical (unpaired) electrons. The zero-order chi connectivity index (χ0) is 23.2. The van der Waals surface area contributed by atoms with Gasteiger partial charge in [-0.2, -0.15) is 0 Å². The van der Waals surface area contributed by atoms with Crippen LogP contribution in [0.1, 0.15) is 66.9 Å². The summed E-state index contributed by atoms with van der Waals surface area (Å²) >= 11 is 6.03. The fourth-order valence-electron chi connectivity index (χ4n) is 4.51. The quantitative estimate of drug-likeness (QED) is 0.428. The molecule has 2 fully saturated rings. The van der Waals surface area contributed by atoms with E-state index in [-0.39, 0.29) is 24.0 Å². The van der Waals surface area contributed by atoms with Gasteiger partial charge in [-0.15, -0.1) is 0 Å². The normalized spacial score (nSPS) is 21.5. The molecule has 5 nitrogen and oxygen atoms in total. The molecule has 174 valence electrons. The summed E-state index contributed by atoms with van der Waals surface area (Å²) in [5.41, 5.74) is 2.50. The van der Waals surface area contributed by atoms with E-state index in [1.807, 2.05) is 41.3 Å². The zero-order valence-electron chi connectivity index (χ0n) is 19.1. The van der Waals surface area contributed by atoms with E-state index in [1.54, 1.807) is 18.2 Å². The summed E-state index contributed by atoms with van der Waals surface area (Å²) < 4.78 is 6.21. The minimum absolute atomic E-state index is 0.0126. The maximum absolute atomic E-state index is 13.4. The van der Waals surface area contributed by atoms with Crippen molar-refractivity contribution in [3.63, 3.8) is 0 Å². The molecule has 33 heavy (non-hydrogen) atoms. The molecule has 1 saturated heterocycles. The third kappa shape index (κ3) is 5.77. The summed E-state index contributed by atoms with van der Waals surface area (Å²) in [7, 11) is 0. The number of carbonyl (C=O) groups is 2. The second kappa shape index (κ2) is 10.9. The third-order valence-electron chi connectivity index (χ3n) is 6.37. The highest BCUT2D eigenvalue weighted by Gasteiger charge is 2.41. The van der Waals surface area contributed by atoms with E-state index in [0.29, 0.717) is 29.4 Å². The third-order valence-corrected chi connectivity index (χ3v) is 6.62. The molecule has 0 aromatic heterocycles. The summed E-state index contributed by atoms with van der Waals surface area (Å²) in [5.74, 6) is 0.202.